The van der Waals surface area contributed by atoms with E-state index in [0.717, 1.165) is 32.1 Å². The maximum atomic E-state index is 12.4. The molecule has 0 aliphatic heterocycles. The Morgan fingerprint density at radius 3 is 2.64 bits per heavy atom. The summed E-state index contributed by atoms with van der Waals surface area (Å²) in [5.74, 6) is 3.27. The van der Waals surface area contributed by atoms with Crippen molar-refractivity contribution < 1.29 is 14.7 Å². The highest BCUT2D eigenvalue weighted by molar-refractivity contribution is 5.87. The fourth-order valence-electron chi connectivity index (χ4n) is 7.72. The molecule has 0 aromatic heterocycles. The number of rotatable bonds is 0. The second kappa shape index (κ2) is 4.03. The highest BCUT2D eigenvalue weighted by atomic mass is 16.3. The van der Waals surface area contributed by atoms with Crippen LogP contribution in [0.3, 0.4) is 0 Å². The van der Waals surface area contributed by atoms with E-state index in [2.05, 4.69) is 6.92 Å². The second-order valence-corrected chi connectivity index (χ2v) is 9.07. The topological polar surface area (TPSA) is 54.4 Å². The molecule has 0 aromatic rings. The van der Waals surface area contributed by atoms with Gasteiger partial charge in [0.1, 0.15) is 11.6 Å². The molecule has 5 fully saturated rings. The average molecular weight is 302 g/mol. The van der Waals surface area contributed by atoms with E-state index in [1.165, 1.54) is 6.42 Å². The Labute approximate surface area is 131 Å². The Kier molecular flexibility index (Phi) is 2.51. The van der Waals surface area contributed by atoms with Gasteiger partial charge in [0.15, 0.2) is 0 Å². The predicted octanol–water partition coefficient (Wildman–Crippen LogP) is 2.75. The number of aliphatic hydroxyl groups excluding tert-OH is 1. The minimum atomic E-state index is -0.238. The molecule has 0 amide bonds. The first-order valence-electron chi connectivity index (χ1n) is 9.22. The summed E-state index contributed by atoms with van der Waals surface area (Å²) in [6, 6.07) is 0. The first kappa shape index (κ1) is 13.7. The van der Waals surface area contributed by atoms with Gasteiger partial charge in [-0.05, 0) is 55.8 Å². The first-order valence-corrected chi connectivity index (χ1v) is 9.22. The quantitative estimate of drug-likeness (QED) is 0.748. The third kappa shape index (κ3) is 1.35. The minimum absolute atomic E-state index is 0.0593. The number of carbonyl (C=O) groups is 2. The van der Waals surface area contributed by atoms with E-state index in [4.69, 9.17) is 0 Å². The summed E-state index contributed by atoms with van der Waals surface area (Å²) in [6.07, 6.45) is 7.31. The molecule has 5 aliphatic rings. The number of hydrogen-bond donors (Lipinski definition) is 1. The smallest absolute Gasteiger partial charge is 0.139 e. The summed E-state index contributed by atoms with van der Waals surface area (Å²) in [5, 5.41) is 10.7. The van der Waals surface area contributed by atoms with Gasteiger partial charge in [0, 0.05) is 36.0 Å². The zero-order valence-corrected chi connectivity index (χ0v) is 13.4. The maximum Gasteiger partial charge on any atom is 0.139 e. The molecule has 22 heavy (non-hydrogen) atoms. The molecule has 120 valence electrons. The van der Waals surface area contributed by atoms with Crippen LogP contribution in [0.5, 0.6) is 0 Å². The molecule has 1 spiro atoms. The molecule has 8 atom stereocenters. The van der Waals surface area contributed by atoms with Gasteiger partial charge in [0.05, 0.1) is 6.10 Å². The lowest BCUT2D eigenvalue weighted by Crippen LogP contribution is -2.51. The molecule has 5 saturated carbocycles. The zero-order valence-electron chi connectivity index (χ0n) is 13.4. The lowest BCUT2D eigenvalue weighted by atomic mass is 9.49. The van der Waals surface area contributed by atoms with E-state index in [9.17, 15) is 14.7 Å². The highest BCUT2D eigenvalue weighted by Gasteiger charge is 2.76. The minimum Gasteiger partial charge on any atom is -0.392 e. The van der Waals surface area contributed by atoms with Crippen LogP contribution >= 0.6 is 0 Å². The molecule has 1 N–H and O–H groups in total. The Balaban J connectivity index is 1.52. The van der Waals surface area contributed by atoms with Crippen LogP contribution in [0.1, 0.15) is 58.3 Å². The number of aliphatic hydroxyl groups is 1. The largest absolute Gasteiger partial charge is 0.392 e. The summed E-state index contributed by atoms with van der Waals surface area (Å²) < 4.78 is 0. The fraction of sp³-hybridized carbons (Fsp3) is 0.895. The summed E-state index contributed by atoms with van der Waals surface area (Å²) >= 11 is 0. The van der Waals surface area contributed by atoms with Gasteiger partial charge >= 0.3 is 0 Å². The number of carbonyl (C=O) groups excluding carboxylic acids is 2. The van der Waals surface area contributed by atoms with Crippen molar-refractivity contribution in [2.45, 2.75) is 64.4 Å². The van der Waals surface area contributed by atoms with Crippen molar-refractivity contribution in [1.82, 2.24) is 0 Å². The molecule has 0 saturated heterocycles. The Morgan fingerprint density at radius 1 is 1.00 bits per heavy atom. The monoisotopic (exact) mass is 302 g/mol. The van der Waals surface area contributed by atoms with Gasteiger partial charge in [0.2, 0.25) is 0 Å². The number of hydrogen-bond acceptors (Lipinski definition) is 3. The molecule has 5 rings (SSSR count). The van der Waals surface area contributed by atoms with Crippen molar-refractivity contribution in [3.8, 4) is 0 Å². The van der Waals surface area contributed by atoms with Crippen molar-refractivity contribution in [3.05, 3.63) is 0 Å². The van der Waals surface area contributed by atoms with Crippen LogP contribution in [-0.4, -0.2) is 22.8 Å². The van der Waals surface area contributed by atoms with Crippen LogP contribution < -0.4 is 0 Å². The molecule has 3 nitrogen and oxygen atoms in total. The summed E-state index contributed by atoms with van der Waals surface area (Å²) in [4.78, 5) is 24.4. The normalized spacial score (nSPS) is 59.4. The van der Waals surface area contributed by atoms with Crippen molar-refractivity contribution in [2.24, 2.45) is 40.4 Å². The molecule has 0 bridgehead atoms. The van der Waals surface area contributed by atoms with Crippen LogP contribution in [0.4, 0.5) is 0 Å². The van der Waals surface area contributed by atoms with E-state index in [-0.39, 0.29) is 22.9 Å². The fourth-order valence-corrected chi connectivity index (χ4v) is 7.72. The standard InChI is InChI=1S/C19H26O3/c1-18-7-6-14-12(13(18)4-5-16(18)21)3-2-10-8-11(20)9-15-17(22)19(10,14)15/h10,12-15,17,22H,2-9H2,1H3/t10-,12-,13-,14-,15-,17?,18-,19+/m0/s1. The van der Waals surface area contributed by atoms with Crippen LogP contribution in [-0.2, 0) is 9.59 Å². The van der Waals surface area contributed by atoms with Crippen molar-refractivity contribution >= 4 is 11.6 Å². The molecule has 3 heteroatoms. The van der Waals surface area contributed by atoms with Crippen molar-refractivity contribution in [1.29, 1.82) is 0 Å². The van der Waals surface area contributed by atoms with E-state index in [1.807, 2.05) is 0 Å². The van der Waals surface area contributed by atoms with Gasteiger partial charge in [-0.25, -0.2) is 0 Å². The van der Waals surface area contributed by atoms with Gasteiger partial charge in [-0.3, -0.25) is 9.59 Å². The SMILES string of the molecule is C[C@]12CC[C@H]3[C@@H](CC[C@H]4CC(=O)C[C@H]5C(O)[C@@]453)[C@@H]1CCC2=O. The molecule has 0 heterocycles. The number of fused-ring (bicyclic) bond motifs is 3. The van der Waals surface area contributed by atoms with E-state index in [1.54, 1.807) is 0 Å². The van der Waals surface area contributed by atoms with E-state index >= 15 is 0 Å². The van der Waals surface area contributed by atoms with Crippen LogP contribution in [0.25, 0.3) is 0 Å². The third-order valence-electron chi connectivity index (χ3n) is 8.69. The predicted molar refractivity (Wildman–Crippen MR) is 80.9 cm³/mol. The maximum absolute atomic E-state index is 12.4. The van der Waals surface area contributed by atoms with Gasteiger partial charge < -0.3 is 5.11 Å². The van der Waals surface area contributed by atoms with Crippen molar-refractivity contribution in [2.75, 3.05) is 0 Å². The van der Waals surface area contributed by atoms with E-state index in [0.29, 0.717) is 48.1 Å². The highest BCUT2D eigenvalue weighted by Crippen LogP contribution is 2.75. The lowest BCUT2D eigenvalue weighted by Gasteiger charge is -2.54. The molecular formula is C19H26O3. The summed E-state index contributed by atoms with van der Waals surface area (Å²) in [6.45, 7) is 2.21. The molecule has 5 aliphatic carbocycles. The van der Waals surface area contributed by atoms with Crippen LogP contribution in [0.15, 0.2) is 0 Å². The van der Waals surface area contributed by atoms with Crippen LogP contribution in [0, 0.1) is 40.4 Å². The Bertz CT molecular complexity index is 569. The summed E-state index contributed by atoms with van der Waals surface area (Å²) in [7, 11) is 0. The molecular weight excluding hydrogens is 276 g/mol. The first-order chi connectivity index (χ1) is 10.5. The Morgan fingerprint density at radius 2 is 1.82 bits per heavy atom. The lowest BCUT2D eigenvalue weighted by molar-refractivity contribution is -0.137. The van der Waals surface area contributed by atoms with Gasteiger partial charge in [-0.2, -0.15) is 0 Å². The zero-order chi connectivity index (χ0) is 15.3. The number of Topliss-reactive ketones (excluding diaryl/α,β-unsaturated/α-hetero) is 2. The van der Waals surface area contributed by atoms with E-state index < -0.39 is 0 Å². The van der Waals surface area contributed by atoms with Gasteiger partial charge in [0.25, 0.3) is 0 Å². The average Bonchev–Trinajstić information content (AvgIpc) is 2.94. The van der Waals surface area contributed by atoms with Crippen molar-refractivity contribution in [3.63, 3.8) is 0 Å². The van der Waals surface area contributed by atoms with Gasteiger partial charge in [-0.1, -0.05) is 6.92 Å². The second-order valence-electron chi connectivity index (χ2n) is 9.07. The molecule has 0 radical (unpaired) electrons. The van der Waals surface area contributed by atoms with Crippen LogP contribution in [0.2, 0.25) is 0 Å². The molecule has 0 aromatic carbocycles. The third-order valence-corrected chi connectivity index (χ3v) is 8.69. The summed E-state index contributed by atoms with van der Waals surface area (Å²) in [5.41, 5.74) is -0.0196. The molecule has 1 unspecified atom stereocenters. The van der Waals surface area contributed by atoms with Gasteiger partial charge in [-0.15, -0.1) is 0 Å². The Hall–Kier alpha value is -0.700. The number of ketones is 2.